The fourth-order valence-corrected chi connectivity index (χ4v) is 8.55. The van der Waals surface area contributed by atoms with Gasteiger partial charge in [0.15, 0.2) is 0 Å². The summed E-state index contributed by atoms with van der Waals surface area (Å²) in [6.07, 6.45) is 1.84. The molecule has 11 aromatic rings. The van der Waals surface area contributed by atoms with E-state index in [0.717, 1.165) is 33.1 Å². The van der Waals surface area contributed by atoms with E-state index in [1.165, 1.54) is 81.7 Å². The molecule has 2 aromatic heterocycles. The van der Waals surface area contributed by atoms with E-state index < -0.39 is 0 Å². The summed E-state index contributed by atoms with van der Waals surface area (Å²) in [5.74, 6) is 0. The molecule has 0 aliphatic rings. The highest BCUT2D eigenvalue weighted by Gasteiger charge is 2.15. The molecule has 0 amide bonds. The maximum absolute atomic E-state index is 5.09. The van der Waals surface area contributed by atoms with Gasteiger partial charge in [0.2, 0.25) is 0 Å². The third-order valence-corrected chi connectivity index (χ3v) is 11.1. The van der Waals surface area contributed by atoms with Crippen LogP contribution in [0.25, 0.3) is 109 Å². The third kappa shape index (κ3) is 4.73. The Kier molecular flexibility index (Phi) is 6.50. The maximum Gasteiger partial charge on any atom is 0.0972 e. The predicted molar refractivity (Wildman–Crippen MR) is 226 cm³/mol. The second-order valence-corrected chi connectivity index (χ2v) is 14.2. The molecule has 2 heterocycles. The lowest BCUT2D eigenvalue weighted by atomic mass is 9.88. The van der Waals surface area contributed by atoms with Gasteiger partial charge in [-0.1, -0.05) is 140 Å². The molecule has 0 bridgehead atoms. The van der Waals surface area contributed by atoms with Crippen molar-refractivity contribution < 1.29 is 0 Å². The molecule has 0 aliphatic carbocycles. The van der Waals surface area contributed by atoms with Crippen LogP contribution in [0.3, 0.4) is 0 Å². The van der Waals surface area contributed by atoms with E-state index in [0.29, 0.717) is 0 Å². The van der Waals surface area contributed by atoms with Crippen LogP contribution in [0.5, 0.6) is 0 Å². The summed E-state index contributed by atoms with van der Waals surface area (Å²) in [5.41, 5.74) is 10.2. The first-order valence-electron chi connectivity index (χ1n) is 18.2. The first-order chi connectivity index (χ1) is 26.2. The quantitative estimate of drug-likeness (QED) is 0.175. The summed E-state index contributed by atoms with van der Waals surface area (Å²) < 4.78 is 0. The van der Waals surface area contributed by atoms with Crippen LogP contribution in [0.2, 0.25) is 0 Å². The van der Waals surface area contributed by atoms with Crippen molar-refractivity contribution in [3.8, 4) is 33.5 Å². The van der Waals surface area contributed by atoms with Crippen molar-refractivity contribution in [3.63, 3.8) is 0 Å². The van der Waals surface area contributed by atoms with Crippen molar-refractivity contribution in [2.24, 2.45) is 0 Å². The molecule has 246 valence electrons. The summed E-state index contributed by atoms with van der Waals surface area (Å²) in [7, 11) is 0. The SMILES string of the molecule is Cc1cccc2ccc3cccc(-c4cccc5ccc6cc(-c7ccc8cc(-c9ccc%10ccc%11cccnc%11c%10n9)ccc8c7)ccc6c45)c3c12. The van der Waals surface area contributed by atoms with E-state index in [-0.39, 0.29) is 0 Å². The van der Waals surface area contributed by atoms with Crippen LogP contribution in [-0.4, -0.2) is 9.97 Å². The number of nitrogens with zero attached hydrogens (tertiary/aromatic N) is 2. The molecule has 0 saturated heterocycles. The molecule has 2 heteroatoms. The van der Waals surface area contributed by atoms with Crippen LogP contribution < -0.4 is 0 Å². The van der Waals surface area contributed by atoms with Crippen molar-refractivity contribution in [3.05, 3.63) is 182 Å². The molecule has 0 radical (unpaired) electrons. The lowest BCUT2D eigenvalue weighted by Gasteiger charge is -2.16. The normalized spacial score (nSPS) is 11.9. The Labute approximate surface area is 306 Å². The Morgan fingerprint density at radius 1 is 0.358 bits per heavy atom. The summed E-state index contributed by atoms with van der Waals surface area (Å²) >= 11 is 0. The zero-order valence-corrected chi connectivity index (χ0v) is 29.1. The van der Waals surface area contributed by atoms with E-state index in [9.17, 15) is 0 Å². The lowest BCUT2D eigenvalue weighted by molar-refractivity contribution is 1.37. The average molecular weight is 673 g/mol. The van der Waals surface area contributed by atoms with Gasteiger partial charge in [-0.05, 0) is 119 Å². The van der Waals surface area contributed by atoms with Gasteiger partial charge >= 0.3 is 0 Å². The molecule has 0 spiro atoms. The molecule has 11 rings (SSSR count). The van der Waals surface area contributed by atoms with Crippen LogP contribution in [-0.2, 0) is 0 Å². The Bertz CT molecular complexity index is 3300. The summed E-state index contributed by atoms with van der Waals surface area (Å²) in [5, 5.41) is 14.9. The van der Waals surface area contributed by atoms with Gasteiger partial charge in [0.1, 0.15) is 0 Å². The smallest absolute Gasteiger partial charge is 0.0972 e. The van der Waals surface area contributed by atoms with Crippen molar-refractivity contribution in [1.82, 2.24) is 9.97 Å². The van der Waals surface area contributed by atoms with E-state index in [1.54, 1.807) is 0 Å². The zero-order valence-electron chi connectivity index (χ0n) is 29.1. The second-order valence-electron chi connectivity index (χ2n) is 14.2. The molecule has 0 fully saturated rings. The largest absolute Gasteiger partial charge is 0.254 e. The number of fused-ring (bicyclic) bond motifs is 10. The fraction of sp³-hybridized carbons (Fsp3) is 0.0196. The Hall–Kier alpha value is -6.90. The standard InChI is InChI=1S/C51H32N2/c1-31-6-2-7-32-13-14-34-9-4-12-45(49(34)47(31)32)44-11-3-8-33-15-21-41-29-40(23-25-43(41)48(33)44)37-18-19-39-30-42(22-20-38(39)28-37)46-26-24-36-17-16-35-10-5-27-52-50(35)51(36)53-46/h2-30H,1H3. The minimum absolute atomic E-state index is 0.938. The highest BCUT2D eigenvalue weighted by Crippen LogP contribution is 2.42. The van der Waals surface area contributed by atoms with E-state index in [1.807, 2.05) is 12.3 Å². The Morgan fingerprint density at radius 2 is 0.887 bits per heavy atom. The molecule has 0 saturated carbocycles. The third-order valence-electron chi connectivity index (χ3n) is 11.1. The van der Waals surface area contributed by atoms with Gasteiger partial charge in [-0.15, -0.1) is 0 Å². The van der Waals surface area contributed by atoms with E-state index in [2.05, 4.69) is 176 Å². The van der Waals surface area contributed by atoms with Crippen molar-refractivity contribution in [1.29, 1.82) is 0 Å². The minimum Gasteiger partial charge on any atom is -0.254 e. The number of benzene rings is 9. The maximum atomic E-state index is 5.09. The first-order valence-corrected chi connectivity index (χ1v) is 18.2. The summed E-state index contributed by atoms with van der Waals surface area (Å²) in [4.78, 5) is 9.74. The number of aryl methyl sites for hydroxylation is 1. The van der Waals surface area contributed by atoms with E-state index >= 15 is 0 Å². The molecule has 0 aliphatic heterocycles. The molecule has 2 nitrogen and oxygen atoms in total. The van der Waals surface area contributed by atoms with Crippen molar-refractivity contribution in [2.75, 3.05) is 0 Å². The molecular weight excluding hydrogens is 641 g/mol. The van der Waals surface area contributed by atoms with Gasteiger partial charge in [-0.25, -0.2) is 4.98 Å². The Balaban J connectivity index is 1.01. The molecular formula is C51H32N2. The second kappa shape index (κ2) is 11.6. The Morgan fingerprint density at radius 3 is 1.68 bits per heavy atom. The number of rotatable bonds is 3. The van der Waals surface area contributed by atoms with Crippen LogP contribution in [0.1, 0.15) is 5.56 Å². The number of hydrogen-bond acceptors (Lipinski definition) is 2. The predicted octanol–water partition coefficient (Wildman–Crippen LogP) is 13.9. The topological polar surface area (TPSA) is 25.8 Å². The zero-order chi connectivity index (χ0) is 35.0. The van der Waals surface area contributed by atoms with Gasteiger partial charge < -0.3 is 0 Å². The number of aromatic nitrogens is 2. The molecule has 0 atom stereocenters. The van der Waals surface area contributed by atoms with Crippen molar-refractivity contribution >= 4 is 75.7 Å². The van der Waals surface area contributed by atoms with Gasteiger partial charge in [-0.2, -0.15) is 0 Å². The van der Waals surface area contributed by atoms with Gasteiger partial charge in [0.25, 0.3) is 0 Å². The van der Waals surface area contributed by atoms with Gasteiger partial charge in [0.05, 0.1) is 16.7 Å². The molecule has 53 heavy (non-hydrogen) atoms. The number of pyridine rings is 2. The molecule has 9 aromatic carbocycles. The molecule has 0 unspecified atom stereocenters. The van der Waals surface area contributed by atoms with Crippen LogP contribution in [0.15, 0.2) is 176 Å². The lowest BCUT2D eigenvalue weighted by Crippen LogP contribution is -1.89. The summed E-state index contributed by atoms with van der Waals surface area (Å²) in [6.45, 7) is 2.23. The summed E-state index contributed by atoms with van der Waals surface area (Å²) in [6, 6.07) is 62.1. The molecule has 0 N–H and O–H groups in total. The van der Waals surface area contributed by atoms with Crippen LogP contribution >= 0.6 is 0 Å². The van der Waals surface area contributed by atoms with Gasteiger partial charge in [0, 0.05) is 22.5 Å². The number of hydrogen-bond donors (Lipinski definition) is 0. The van der Waals surface area contributed by atoms with Crippen LogP contribution in [0.4, 0.5) is 0 Å². The highest BCUT2D eigenvalue weighted by molar-refractivity contribution is 6.21. The van der Waals surface area contributed by atoms with Crippen molar-refractivity contribution in [2.45, 2.75) is 6.92 Å². The first kappa shape index (κ1) is 29.8. The monoisotopic (exact) mass is 672 g/mol. The average Bonchev–Trinajstić information content (AvgIpc) is 3.22. The van der Waals surface area contributed by atoms with Gasteiger partial charge in [-0.3, -0.25) is 4.98 Å². The highest BCUT2D eigenvalue weighted by atomic mass is 14.7. The minimum atomic E-state index is 0.938. The fourth-order valence-electron chi connectivity index (χ4n) is 8.55. The van der Waals surface area contributed by atoms with Crippen LogP contribution in [0, 0.1) is 6.92 Å². The van der Waals surface area contributed by atoms with E-state index in [4.69, 9.17) is 4.98 Å².